The molecule has 1 N–H and O–H groups in total. The first-order valence-corrected chi connectivity index (χ1v) is 8.55. The normalized spacial score (nSPS) is 11.1. The maximum Gasteiger partial charge on any atom is 0.261 e. The molecule has 0 aromatic heterocycles. The highest BCUT2D eigenvalue weighted by Crippen LogP contribution is 2.14. The summed E-state index contributed by atoms with van der Waals surface area (Å²) >= 11 is 0. The molecule has 0 saturated heterocycles. The van der Waals surface area contributed by atoms with Gasteiger partial charge in [0.2, 0.25) is 0 Å². The van der Waals surface area contributed by atoms with Crippen LogP contribution >= 0.6 is 0 Å². The monoisotopic (exact) mass is 312 g/mol. The molecule has 0 saturated carbocycles. The van der Waals surface area contributed by atoms with Gasteiger partial charge in [0.25, 0.3) is 5.91 Å². The van der Waals surface area contributed by atoms with E-state index in [4.69, 9.17) is 0 Å². The van der Waals surface area contributed by atoms with Crippen molar-refractivity contribution in [2.45, 2.75) is 59.3 Å². The molecule has 1 aromatic carbocycles. The molecule has 0 aliphatic heterocycles. The van der Waals surface area contributed by atoms with E-state index in [0.29, 0.717) is 6.54 Å². The third kappa shape index (κ3) is 7.15. The van der Waals surface area contributed by atoms with Gasteiger partial charge in [-0.1, -0.05) is 62.8 Å². The van der Waals surface area contributed by atoms with Gasteiger partial charge in [0.05, 0.1) is 0 Å². The van der Waals surface area contributed by atoms with Crippen LogP contribution in [0.2, 0.25) is 0 Å². The van der Waals surface area contributed by atoms with Gasteiger partial charge >= 0.3 is 0 Å². The molecule has 0 aliphatic rings. The number of hydrogen-bond acceptors (Lipinski definition) is 2. The number of carbonyl (C=O) groups is 1. The molecule has 124 valence electrons. The summed E-state index contributed by atoms with van der Waals surface area (Å²) in [5, 5.41) is 12.1. The Hall–Kier alpha value is -2.08. The molecule has 0 atom stereocenters. The topological polar surface area (TPSA) is 52.9 Å². The number of carbonyl (C=O) groups excluding carboxylic acids is 1. The molecular formula is C20H28N2O. The average Bonchev–Trinajstić information content (AvgIpc) is 2.53. The van der Waals surface area contributed by atoms with Crippen molar-refractivity contribution in [2.75, 3.05) is 6.54 Å². The van der Waals surface area contributed by atoms with Gasteiger partial charge in [0.1, 0.15) is 11.6 Å². The first-order chi connectivity index (χ1) is 11.1. The number of nitriles is 1. The second-order valence-corrected chi connectivity index (χ2v) is 6.05. The summed E-state index contributed by atoms with van der Waals surface area (Å²) in [7, 11) is 0. The van der Waals surface area contributed by atoms with Gasteiger partial charge in [0, 0.05) is 6.54 Å². The van der Waals surface area contributed by atoms with Crippen molar-refractivity contribution in [1.82, 2.24) is 5.32 Å². The highest BCUT2D eigenvalue weighted by atomic mass is 16.1. The Labute approximate surface area is 140 Å². The number of aryl methyl sites for hydroxylation is 2. The minimum absolute atomic E-state index is 0.169. The molecule has 3 nitrogen and oxygen atoms in total. The summed E-state index contributed by atoms with van der Waals surface area (Å²) in [6.45, 7) is 6.85. The predicted molar refractivity (Wildman–Crippen MR) is 95.9 cm³/mol. The summed E-state index contributed by atoms with van der Waals surface area (Å²) in [6, 6.07) is 8.00. The van der Waals surface area contributed by atoms with Crippen LogP contribution in [-0.2, 0) is 4.79 Å². The molecule has 0 fully saturated rings. The summed E-state index contributed by atoms with van der Waals surface area (Å²) in [4.78, 5) is 12.1. The lowest BCUT2D eigenvalue weighted by Gasteiger charge is -2.06. The molecule has 0 heterocycles. The summed E-state index contributed by atoms with van der Waals surface area (Å²) in [6.07, 6.45) is 8.77. The molecule has 3 heteroatoms. The number of benzene rings is 1. The molecule has 1 aromatic rings. The van der Waals surface area contributed by atoms with Gasteiger partial charge in [-0.25, -0.2) is 0 Å². The van der Waals surface area contributed by atoms with E-state index >= 15 is 0 Å². The van der Waals surface area contributed by atoms with Gasteiger partial charge in [-0.3, -0.25) is 4.79 Å². The zero-order valence-electron chi connectivity index (χ0n) is 14.6. The lowest BCUT2D eigenvalue weighted by molar-refractivity contribution is -0.117. The van der Waals surface area contributed by atoms with E-state index in [2.05, 4.69) is 18.3 Å². The van der Waals surface area contributed by atoms with Crippen LogP contribution < -0.4 is 5.32 Å². The van der Waals surface area contributed by atoms with Gasteiger partial charge in [-0.15, -0.1) is 0 Å². The van der Waals surface area contributed by atoms with Crippen LogP contribution in [0, 0.1) is 25.2 Å². The fourth-order valence-corrected chi connectivity index (χ4v) is 2.49. The molecule has 0 aliphatic carbocycles. The molecule has 0 radical (unpaired) electrons. The van der Waals surface area contributed by atoms with Crippen molar-refractivity contribution in [3.05, 3.63) is 40.5 Å². The van der Waals surface area contributed by atoms with Crippen molar-refractivity contribution in [2.24, 2.45) is 0 Å². The first kappa shape index (κ1) is 19.0. The fraction of sp³-hybridized carbons (Fsp3) is 0.500. The Morgan fingerprint density at radius 2 is 1.87 bits per heavy atom. The molecule has 1 amide bonds. The van der Waals surface area contributed by atoms with Crippen LogP contribution in [-0.4, -0.2) is 12.5 Å². The standard InChI is InChI=1S/C20H28N2O/c1-4-5-6-7-8-9-12-22-20(23)19(15-21)14-18-11-10-16(2)13-17(18)3/h10-11,13-14H,4-9,12H2,1-3H3,(H,22,23). The SMILES string of the molecule is CCCCCCCCNC(=O)C(C#N)=Cc1ccc(C)cc1C. The highest BCUT2D eigenvalue weighted by Gasteiger charge is 2.09. The minimum atomic E-state index is -0.277. The van der Waals surface area contributed by atoms with Crippen molar-refractivity contribution in [1.29, 1.82) is 5.26 Å². The van der Waals surface area contributed by atoms with Crippen LogP contribution in [0.4, 0.5) is 0 Å². The zero-order valence-corrected chi connectivity index (χ0v) is 14.6. The van der Waals surface area contributed by atoms with Crippen molar-refractivity contribution < 1.29 is 4.79 Å². The zero-order chi connectivity index (χ0) is 17.1. The Bertz CT molecular complexity index is 582. The number of nitrogens with one attached hydrogen (secondary N) is 1. The smallest absolute Gasteiger partial charge is 0.261 e. The van der Waals surface area contributed by atoms with Crippen molar-refractivity contribution in [3.8, 4) is 6.07 Å². The third-order valence-corrected chi connectivity index (χ3v) is 3.91. The molecule has 1 rings (SSSR count). The predicted octanol–water partition coefficient (Wildman–Crippen LogP) is 4.69. The second-order valence-electron chi connectivity index (χ2n) is 6.05. The minimum Gasteiger partial charge on any atom is -0.351 e. The van der Waals surface area contributed by atoms with Crippen LogP contribution in [0.3, 0.4) is 0 Å². The van der Waals surface area contributed by atoms with E-state index in [1.165, 1.54) is 31.2 Å². The molecular weight excluding hydrogens is 284 g/mol. The van der Waals surface area contributed by atoms with Gasteiger partial charge in [-0.2, -0.15) is 5.26 Å². The van der Waals surface area contributed by atoms with Crippen molar-refractivity contribution >= 4 is 12.0 Å². The summed E-state index contributed by atoms with van der Waals surface area (Å²) in [5.74, 6) is -0.277. The number of nitrogens with zero attached hydrogens (tertiary/aromatic N) is 1. The Morgan fingerprint density at radius 3 is 2.52 bits per heavy atom. The Balaban J connectivity index is 2.49. The van der Waals surface area contributed by atoms with Gasteiger partial charge in [-0.05, 0) is 37.5 Å². The van der Waals surface area contributed by atoms with E-state index in [-0.39, 0.29) is 11.5 Å². The van der Waals surface area contributed by atoms with E-state index in [0.717, 1.165) is 24.0 Å². The summed E-state index contributed by atoms with van der Waals surface area (Å²) in [5.41, 5.74) is 3.33. The van der Waals surface area contributed by atoms with E-state index in [1.807, 2.05) is 32.0 Å². The van der Waals surface area contributed by atoms with Crippen LogP contribution in [0.5, 0.6) is 0 Å². The first-order valence-electron chi connectivity index (χ1n) is 8.55. The number of unbranched alkanes of at least 4 members (excludes halogenated alkanes) is 5. The quantitative estimate of drug-likeness (QED) is 0.408. The highest BCUT2D eigenvalue weighted by molar-refractivity contribution is 6.01. The third-order valence-electron chi connectivity index (χ3n) is 3.91. The van der Waals surface area contributed by atoms with Gasteiger partial charge in [0.15, 0.2) is 0 Å². The lowest BCUT2D eigenvalue weighted by Crippen LogP contribution is -2.25. The van der Waals surface area contributed by atoms with Crippen molar-refractivity contribution in [3.63, 3.8) is 0 Å². The van der Waals surface area contributed by atoms with Crippen LogP contribution in [0.1, 0.15) is 62.1 Å². The Kier molecular flexibility index (Phi) is 8.75. The number of rotatable bonds is 9. The molecule has 0 spiro atoms. The average molecular weight is 312 g/mol. The summed E-state index contributed by atoms with van der Waals surface area (Å²) < 4.78 is 0. The van der Waals surface area contributed by atoms with E-state index in [9.17, 15) is 10.1 Å². The fourth-order valence-electron chi connectivity index (χ4n) is 2.49. The molecule has 0 unspecified atom stereocenters. The van der Waals surface area contributed by atoms with Gasteiger partial charge < -0.3 is 5.32 Å². The maximum absolute atomic E-state index is 12.1. The lowest BCUT2D eigenvalue weighted by atomic mass is 10.0. The van der Waals surface area contributed by atoms with Crippen LogP contribution in [0.15, 0.2) is 23.8 Å². The maximum atomic E-state index is 12.1. The van der Waals surface area contributed by atoms with E-state index < -0.39 is 0 Å². The molecule has 23 heavy (non-hydrogen) atoms. The molecule has 0 bridgehead atoms. The number of hydrogen-bond donors (Lipinski definition) is 1. The second kappa shape index (κ2) is 10.6. The largest absolute Gasteiger partial charge is 0.351 e. The van der Waals surface area contributed by atoms with Crippen LogP contribution in [0.25, 0.3) is 6.08 Å². The van der Waals surface area contributed by atoms with E-state index in [1.54, 1.807) is 6.08 Å². The Morgan fingerprint density at radius 1 is 1.17 bits per heavy atom. The number of amides is 1.